The van der Waals surface area contributed by atoms with E-state index in [-0.39, 0.29) is 17.8 Å². The topological polar surface area (TPSA) is 26.3 Å². The van der Waals surface area contributed by atoms with Crippen LogP contribution in [0.4, 0.5) is 0 Å². The van der Waals surface area contributed by atoms with Crippen LogP contribution < -0.4 is 0 Å². The van der Waals surface area contributed by atoms with Crippen LogP contribution in [0.2, 0.25) is 0 Å². The Kier molecular flexibility index (Phi) is 13.0. The molecule has 0 amide bonds. The summed E-state index contributed by atoms with van der Waals surface area (Å²) in [5.41, 5.74) is 0. The van der Waals surface area contributed by atoms with Crippen LogP contribution in [0.1, 0.15) is 104 Å². The number of Topliss-reactive ketones (excluding diaryl/α,β-unsaturated/α-hetero) is 1. The lowest BCUT2D eigenvalue weighted by molar-refractivity contribution is -0.130. The molecule has 26 heavy (non-hydrogen) atoms. The van der Waals surface area contributed by atoms with Gasteiger partial charge >= 0.3 is 0 Å². The standard InChI is InChI=1S/C24H44O2/c1-5-7-8-9-10-11-16-22-18-14-19-23(22)17-13-12-15-21(6-2)24(25)20(3)26-4/h6,20-23H,2,5,7-19H2,1,3-4H3/t20?,21?,22-,23-/m0/s1. The van der Waals surface area contributed by atoms with Crippen LogP contribution in [0.25, 0.3) is 0 Å². The van der Waals surface area contributed by atoms with Gasteiger partial charge in [-0.2, -0.15) is 0 Å². The number of unbranched alkanes of at least 4 members (excludes halogenated alkanes) is 6. The number of carbonyl (C=O) groups excluding carboxylic acids is 1. The van der Waals surface area contributed by atoms with Crippen molar-refractivity contribution in [3.05, 3.63) is 12.7 Å². The molecule has 1 aliphatic carbocycles. The zero-order valence-electron chi connectivity index (χ0n) is 17.8. The first kappa shape index (κ1) is 23.4. The molecule has 1 aliphatic rings. The summed E-state index contributed by atoms with van der Waals surface area (Å²) in [4.78, 5) is 12.2. The minimum absolute atomic E-state index is 0.0348. The van der Waals surface area contributed by atoms with Gasteiger partial charge < -0.3 is 4.74 Å². The number of ketones is 1. The van der Waals surface area contributed by atoms with Crippen molar-refractivity contribution in [1.82, 2.24) is 0 Å². The molecule has 0 aliphatic heterocycles. The monoisotopic (exact) mass is 364 g/mol. The second-order valence-corrected chi connectivity index (χ2v) is 8.41. The highest BCUT2D eigenvalue weighted by atomic mass is 16.5. The van der Waals surface area contributed by atoms with Crippen molar-refractivity contribution < 1.29 is 9.53 Å². The molecule has 1 rings (SSSR count). The van der Waals surface area contributed by atoms with E-state index < -0.39 is 0 Å². The summed E-state index contributed by atoms with van der Waals surface area (Å²) >= 11 is 0. The van der Waals surface area contributed by atoms with Crippen molar-refractivity contribution in [2.24, 2.45) is 17.8 Å². The third-order valence-electron chi connectivity index (χ3n) is 6.49. The van der Waals surface area contributed by atoms with Crippen molar-refractivity contribution in [3.63, 3.8) is 0 Å². The van der Waals surface area contributed by atoms with Crippen molar-refractivity contribution in [2.45, 2.75) is 110 Å². The lowest BCUT2D eigenvalue weighted by Crippen LogP contribution is -2.26. The van der Waals surface area contributed by atoms with Gasteiger partial charge in [0.05, 0.1) is 0 Å². The van der Waals surface area contributed by atoms with E-state index in [0.29, 0.717) is 0 Å². The largest absolute Gasteiger partial charge is 0.374 e. The molecule has 1 fully saturated rings. The van der Waals surface area contributed by atoms with Gasteiger partial charge in [0.25, 0.3) is 0 Å². The molecular weight excluding hydrogens is 320 g/mol. The van der Waals surface area contributed by atoms with Crippen LogP contribution in [0.3, 0.4) is 0 Å². The number of allylic oxidation sites excluding steroid dienone is 1. The van der Waals surface area contributed by atoms with Gasteiger partial charge in [0.2, 0.25) is 0 Å². The van der Waals surface area contributed by atoms with E-state index in [1.807, 2.05) is 13.0 Å². The zero-order valence-corrected chi connectivity index (χ0v) is 17.8. The van der Waals surface area contributed by atoms with E-state index in [0.717, 1.165) is 24.7 Å². The number of hydrogen-bond acceptors (Lipinski definition) is 2. The van der Waals surface area contributed by atoms with E-state index in [9.17, 15) is 4.79 Å². The number of carbonyl (C=O) groups is 1. The molecule has 0 aromatic carbocycles. The Labute approximate surface area is 163 Å². The first-order chi connectivity index (χ1) is 12.6. The van der Waals surface area contributed by atoms with E-state index in [1.54, 1.807) is 7.11 Å². The molecule has 152 valence electrons. The van der Waals surface area contributed by atoms with Gasteiger partial charge in [0, 0.05) is 13.0 Å². The molecule has 0 heterocycles. The summed E-state index contributed by atoms with van der Waals surface area (Å²) < 4.78 is 5.17. The van der Waals surface area contributed by atoms with Gasteiger partial charge in [-0.15, -0.1) is 6.58 Å². The minimum Gasteiger partial charge on any atom is -0.374 e. The fourth-order valence-electron chi connectivity index (χ4n) is 4.63. The van der Waals surface area contributed by atoms with Gasteiger partial charge in [-0.1, -0.05) is 96.5 Å². The average Bonchev–Trinajstić information content (AvgIpc) is 3.10. The highest BCUT2D eigenvalue weighted by Gasteiger charge is 2.26. The summed E-state index contributed by atoms with van der Waals surface area (Å²) in [5, 5.41) is 0. The van der Waals surface area contributed by atoms with Crippen molar-refractivity contribution in [1.29, 1.82) is 0 Å². The molecule has 0 bridgehead atoms. The molecule has 0 radical (unpaired) electrons. The average molecular weight is 365 g/mol. The van der Waals surface area contributed by atoms with Gasteiger partial charge in [-0.25, -0.2) is 0 Å². The molecule has 2 nitrogen and oxygen atoms in total. The summed E-state index contributed by atoms with van der Waals surface area (Å²) in [6.07, 6.45) is 20.5. The van der Waals surface area contributed by atoms with E-state index in [1.165, 1.54) is 77.0 Å². The summed E-state index contributed by atoms with van der Waals surface area (Å²) in [7, 11) is 1.60. The SMILES string of the molecule is C=CC(CCCC[C@H]1CCC[C@@H]1CCCCCCCC)C(=O)C(C)OC. The van der Waals surface area contributed by atoms with Crippen LogP contribution >= 0.6 is 0 Å². The maximum absolute atomic E-state index is 12.2. The van der Waals surface area contributed by atoms with Crippen molar-refractivity contribution in [2.75, 3.05) is 7.11 Å². The van der Waals surface area contributed by atoms with Gasteiger partial charge in [0.1, 0.15) is 6.10 Å². The molecule has 0 aromatic heterocycles. The van der Waals surface area contributed by atoms with E-state index in [4.69, 9.17) is 4.74 Å². The lowest BCUT2D eigenvalue weighted by atomic mass is 9.86. The lowest BCUT2D eigenvalue weighted by Gasteiger charge is -2.20. The Morgan fingerprint density at radius 2 is 1.62 bits per heavy atom. The quantitative estimate of drug-likeness (QED) is 0.215. The number of ether oxygens (including phenoxy) is 1. The predicted molar refractivity (Wildman–Crippen MR) is 112 cm³/mol. The van der Waals surface area contributed by atoms with Gasteiger partial charge in [-0.05, 0) is 25.2 Å². The summed E-state index contributed by atoms with van der Waals surface area (Å²) in [5.74, 6) is 2.07. The van der Waals surface area contributed by atoms with Crippen molar-refractivity contribution >= 4 is 5.78 Å². The second kappa shape index (κ2) is 14.4. The Bertz CT molecular complexity index is 376. The molecule has 1 saturated carbocycles. The van der Waals surface area contributed by atoms with Crippen LogP contribution in [0.15, 0.2) is 12.7 Å². The molecule has 0 spiro atoms. The fraction of sp³-hybridized carbons (Fsp3) is 0.875. The molecule has 0 N–H and O–H groups in total. The first-order valence-corrected chi connectivity index (χ1v) is 11.3. The number of rotatable bonds is 16. The van der Waals surface area contributed by atoms with Crippen LogP contribution in [0.5, 0.6) is 0 Å². The van der Waals surface area contributed by atoms with E-state index in [2.05, 4.69) is 13.5 Å². The first-order valence-electron chi connectivity index (χ1n) is 11.3. The second-order valence-electron chi connectivity index (χ2n) is 8.41. The maximum atomic E-state index is 12.2. The smallest absolute Gasteiger partial charge is 0.168 e. The Morgan fingerprint density at radius 3 is 2.19 bits per heavy atom. The summed E-state index contributed by atoms with van der Waals surface area (Å²) in [6, 6.07) is 0. The maximum Gasteiger partial charge on any atom is 0.168 e. The summed E-state index contributed by atoms with van der Waals surface area (Å²) in [6.45, 7) is 7.97. The third kappa shape index (κ3) is 8.84. The minimum atomic E-state index is -0.311. The van der Waals surface area contributed by atoms with Crippen LogP contribution in [0, 0.1) is 17.8 Å². The highest BCUT2D eigenvalue weighted by molar-refractivity contribution is 5.86. The fourth-order valence-corrected chi connectivity index (χ4v) is 4.63. The highest BCUT2D eigenvalue weighted by Crippen LogP contribution is 2.38. The van der Waals surface area contributed by atoms with Crippen LogP contribution in [-0.2, 0) is 9.53 Å². The predicted octanol–water partition coefficient (Wildman–Crippen LogP) is 7.12. The van der Waals surface area contributed by atoms with Crippen molar-refractivity contribution in [3.8, 4) is 0 Å². The molecule has 2 unspecified atom stereocenters. The Hall–Kier alpha value is -0.630. The molecule has 0 aromatic rings. The third-order valence-corrected chi connectivity index (χ3v) is 6.49. The van der Waals surface area contributed by atoms with Gasteiger partial charge in [0.15, 0.2) is 5.78 Å². The number of methoxy groups -OCH3 is 1. The number of hydrogen-bond donors (Lipinski definition) is 0. The zero-order chi connectivity index (χ0) is 19.2. The molecular formula is C24H44O2. The Morgan fingerprint density at radius 1 is 1.04 bits per heavy atom. The normalized spacial score (nSPS) is 22.3. The Balaban J connectivity index is 2.18. The molecule has 4 atom stereocenters. The molecule has 0 saturated heterocycles. The molecule has 2 heteroatoms. The van der Waals surface area contributed by atoms with E-state index >= 15 is 0 Å². The van der Waals surface area contributed by atoms with Crippen LogP contribution in [-0.4, -0.2) is 19.0 Å². The van der Waals surface area contributed by atoms with Gasteiger partial charge in [-0.3, -0.25) is 4.79 Å².